The van der Waals surface area contributed by atoms with Crippen molar-refractivity contribution in [2.75, 3.05) is 0 Å². The van der Waals surface area contributed by atoms with Crippen LogP contribution in [0.1, 0.15) is 39.5 Å². The molecule has 1 amide bonds. The number of unbranched alkanes of at least 4 members (excludes halogenated alkanes) is 2. The van der Waals surface area contributed by atoms with Gasteiger partial charge in [-0.05, 0) is 12.8 Å². The molecule has 0 aromatic rings. The minimum absolute atomic E-state index is 1.000. The quantitative estimate of drug-likeness (QED) is 0.551. The van der Waals surface area contributed by atoms with Gasteiger partial charge in [0.25, 0.3) is 0 Å². The molecule has 13 heavy (non-hydrogen) atoms. The first-order chi connectivity index (χ1) is 6.35. The van der Waals surface area contributed by atoms with E-state index in [-0.39, 0.29) is 0 Å². The third-order valence-electron chi connectivity index (χ3n) is 1.55. The van der Waals surface area contributed by atoms with E-state index in [1.54, 1.807) is 12.4 Å². The fourth-order valence-corrected chi connectivity index (χ4v) is 0.820. The second-order valence-electron chi connectivity index (χ2n) is 2.85. The summed E-state index contributed by atoms with van der Waals surface area (Å²) in [4.78, 5) is 11.8. The molecular weight excluding hydrogens is 162 g/mol. The van der Waals surface area contributed by atoms with Crippen LogP contribution in [0, 0.1) is 0 Å². The molecule has 2 heteroatoms. The predicted octanol–water partition coefficient (Wildman–Crippen LogP) is 2.98. The van der Waals surface area contributed by atoms with Crippen LogP contribution >= 0.6 is 0 Å². The summed E-state index contributed by atoms with van der Waals surface area (Å²) in [6, 6.07) is 0. The lowest BCUT2D eigenvalue weighted by molar-refractivity contribution is 0.512. The van der Waals surface area contributed by atoms with Gasteiger partial charge in [-0.3, -0.25) is 9.69 Å². The number of amides is 1. The Morgan fingerprint density at radius 3 is 1.85 bits per heavy atom. The van der Waals surface area contributed by atoms with Gasteiger partial charge in [-0.25, -0.2) is 0 Å². The number of allylic oxidation sites excluding steroid dienone is 2. The number of hydrogen-bond donors (Lipinski definition) is 0. The molecule has 0 aliphatic rings. The highest BCUT2D eigenvalue weighted by molar-refractivity contribution is 5.51. The molecule has 0 aliphatic heterocycles. The van der Waals surface area contributed by atoms with Crippen LogP contribution in [0.3, 0.4) is 0 Å². The fraction of sp³-hybridized carbons (Fsp3) is 0.545. The van der Waals surface area contributed by atoms with Crippen LogP contribution in [0.5, 0.6) is 0 Å². The van der Waals surface area contributed by atoms with E-state index >= 15 is 0 Å². The lowest BCUT2D eigenvalue weighted by atomic mass is 10.3. The normalized spacial score (nSPS) is 11.2. The van der Waals surface area contributed by atoms with Gasteiger partial charge < -0.3 is 0 Å². The van der Waals surface area contributed by atoms with Crippen molar-refractivity contribution in [3.8, 4) is 0 Å². The molecule has 0 fully saturated rings. The highest BCUT2D eigenvalue weighted by Crippen LogP contribution is 1.95. The van der Waals surface area contributed by atoms with Crippen LogP contribution < -0.4 is 0 Å². The molecule has 0 aromatic carbocycles. The first kappa shape index (κ1) is 11.9. The molecule has 0 rings (SSSR count). The van der Waals surface area contributed by atoms with Crippen molar-refractivity contribution in [3.05, 3.63) is 24.6 Å². The van der Waals surface area contributed by atoms with E-state index < -0.39 is 0 Å². The van der Waals surface area contributed by atoms with Gasteiger partial charge in [0, 0.05) is 12.4 Å². The van der Waals surface area contributed by atoms with Gasteiger partial charge in [0.2, 0.25) is 0 Å². The van der Waals surface area contributed by atoms with Crippen LogP contribution in [-0.2, 0) is 4.79 Å². The monoisotopic (exact) mass is 180 g/mol. The molecule has 0 spiro atoms. The second-order valence-corrected chi connectivity index (χ2v) is 2.85. The van der Waals surface area contributed by atoms with E-state index in [1.807, 2.05) is 18.6 Å². The Balaban J connectivity index is 3.81. The maximum atomic E-state index is 10.4. The van der Waals surface area contributed by atoms with E-state index in [0.717, 1.165) is 25.7 Å². The molecule has 0 heterocycles. The maximum Gasteiger partial charge on any atom is 0.320 e. The van der Waals surface area contributed by atoms with Crippen molar-refractivity contribution in [1.29, 1.82) is 0 Å². The zero-order valence-electron chi connectivity index (χ0n) is 8.49. The third kappa shape index (κ3) is 7.32. The number of hydrogen-bond acceptors (Lipinski definition) is 1. The second kappa shape index (κ2) is 9.04. The zero-order chi connectivity index (χ0) is 9.94. The maximum absolute atomic E-state index is 10.4. The Morgan fingerprint density at radius 2 is 1.54 bits per heavy atom. The van der Waals surface area contributed by atoms with Gasteiger partial charge in [-0.15, -0.1) is 0 Å². The van der Waals surface area contributed by atoms with Crippen molar-refractivity contribution >= 4 is 6.41 Å². The Labute approximate surface area is 80.9 Å². The molecular formula is C11H18NO. The molecule has 73 valence electrons. The highest BCUT2D eigenvalue weighted by atomic mass is 16.1. The molecule has 0 aliphatic carbocycles. The van der Waals surface area contributed by atoms with E-state index in [2.05, 4.69) is 13.8 Å². The molecule has 0 bridgehead atoms. The number of carbonyl (C=O) groups excluding carboxylic acids is 1. The molecule has 0 saturated carbocycles. The summed E-state index contributed by atoms with van der Waals surface area (Å²) >= 11 is 0. The molecule has 0 atom stereocenters. The van der Waals surface area contributed by atoms with Crippen molar-refractivity contribution in [2.45, 2.75) is 39.5 Å². The van der Waals surface area contributed by atoms with E-state index in [4.69, 9.17) is 0 Å². The molecule has 0 unspecified atom stereocenters. The Hall–Kier alpha value is -1.05. The van der Waals surface area contributed by atoms with Crippen molar-refractivity contribution in [3.63, 3.8) is 0 Å². The third-order valence-corrected chi connectivity index (χ3v) is 1.55. The van der Waals surface area contributed by atoms with Crippen molar-refractivity contribution in [1.82, 2.24) is 4.90 Å². The molecule has 1 radical (unpaired) electrons. The van der Waals surface area contributed by atoms with Crippen molar-refractivity contribution in [2.24, 2.45) is 0 Å². The van der Waals surface area contributed by atoms with Gasteiger partial charge in [-0.2, -0.15) is 0 Å². The zero-order valence-corrected chi connectivity index (χ0v) is 8.49. The van der Waals surface area contributed by atoms with E-state index in [9.17, 15) is 4.79 Å². The highest BCUT2D eigenvalue weighted by Gasteiger charge is 1.88. The van der Waals surface area contributed by atoms with Gasteiger partial charge in [-0.1, -0.05) is 38.8 Å². The molecule has 2 nitrogen and oxygen atoms in total. The van der Waals surface area contributed by atoms with Crippen LogP contribution in [-0.4, -0.2) is 11.3 Å². The van der Waals surface area contributed by atoms with Crippen LogP contribution in [0.2, 0.25) is 0 Å². The van der Waals surface area contributed by atoms with Gasteiger partial charge in [0.05, 0.1) is 0 Å². The summed E-state index contributed by atoms with van der Waals surface area (Å²) in [5, 5.41) is 0. The van der Waals surface area contributed by atoms with Gasteiger partial charge in [0.1, 0.15) is 0 Å². The minimum Gasteiger partial charge on any atom is -0.287 e. The van der Waals surface area contributed by atoms with Gasteiger partial charge >= 0.3 is 6.41 Å². The topological polar surface area (TPSA) is 20.3 Å². The Bertz CT molecular complexity index is 157. The summed E-state index contributed by atoms with van der Waals surface area (Å²) < 4.78 is 0. The SMILES string of the molecule is CCCC=CN([C]=O)C=CCCC. The van der Waals surface area contributed by atoms with Gasteiger partial charge in [0.15, 0.2) is 0 Å². The Morgan fingerprint density at radius 1 is 1.08 bits per heavy atom. The first-order valence-corrected chi connectivity index (χ1v) is 4.84. The van der Waals surface area contributed by atoms with Crippen LogP contribution in [0.4, 0.5) is 0 Å². The lowest BCUT2D eigenvalue weighted by Crippen LogP contribution is -2.04. The lowest BCUT2D eigenvalue weighted by Gasteiger charge is -2.02. The van der Waals surface area contributed by atoms with Crippen molar-refractivity contribution < 1.29 is 4.79 Å². The van der Waals surface area contributed by atoms with E-state index in [0.29, 0.717) is 0 Å². The summed E-state index contributed by atoms with van der Waals surface area (Å²) in [6.45, 7) is 4.21. The number of nitrogens with zero attached hydrogens (tertiary/aromatic N) is 1. The summed E-state index contributed by atoms with van der Waals surface area (Å²) in [7, 11) is 0. The summed E-state index contributed by atoms with van der Waals surface area (Å²) in [5.41, 5.74) is 0. The number of rotatable bonds is 7. The predicted molar refractivity (Wildman–Crippen MR) is 55.6 cm³/mol. The average Bonchev–Trinajstić information content (AvgIpc) is 2.16. The van der Waals surface area contributed by atoms with E-state index in [1.165, 1.54) is 4.90 Å². The summed E-state index contributed by atoms with van der Waals surface area (Å²) in [5.74, 6) is 0. The minimum atomic E-state index is 1.000. The smallest absolute Gasteiger partial charge is 0.287 e. The summed E-state index contributed by atoms with van der Waals surface area (Å²) in [6.07, 6.45) is 13.5. The molecule has 0 N–H and O–H groups in total. The molecule has 0 saturated heterocycles. The first-order valence-electron chi connectivity index (χ1n) is 4.84. The fourth-order valence-electron chi connectivity index (χ4n) is 0.820. The molecule has 0 aromatic heterocycles. The standard InChI is InChI=1S/C11H18NO/c1-3-5-7-9-12(11-13)10-8-6-4-2/h7-10H,3-6H2,1-2H3. The van der Waals surface area contributed by atoms with Crippen LogP contribution in [0.15, 0.2) is 24.6 Å². The van der Waals surface area contributed by atoms with Crippen LogP contribution in [0.25, 0.3) is 0 Å². The Kier molecular flexibility index (Phi) is 8.31. The average molecular weight is 180 g/mol. The largest absolute Gasteiger partial charge is 0.320 e.